The van der Waals surface area contributed by atoms with Gasteiger partial charge >= 0.3 is 0 Å². The van der Waals surface area contributed by atoms with Crippen LogP contribution in [0, 0.1) is 5.82 Å². The van der Waals surface area contributed by atoms with Gasteiger partial charge in [0.2, 0.25) is 0 Å². The highest BCUT2D eigenvalue weighted by molar-refractivity contribution is 5.34. The van der Waals surface area contributed by atoms with E-state index in [9.17, 15) is 9.50 Å². The molecule has 0 aromatic heterocycles. The summed E-state index contributed by atoms with van der Waals surface area (Å²) in [4.78, 5) is 0. The summed E-state index contributed by atoms with van der Waals surface area (Å²) >= 11 is 0. The summed E-state index contributed by atoms with van der Waals surface area (Å²) in [5, 5.41) is 10.7. The predicted molar refractivity (Wildman–Crippen MR) is 73.3 cm³/mol. The first-order chi connectivity index (χ1) is 9.22. The quantitative estimate of drug-likeness (QED) is 0.880. The molecule has 0 amide bonds. The highest BCUT2D eigenvalue weighted by Crippen LogP contribution is 2.51. The summed E-state index contributed by atoms with van der Waals surface area (Å²) in [6.07, 6.45) is 2.53. The van der Waals surface area contributed by atoms with Gasteiger partial charge in [-0.25, -0.2) is 4.39 Å². The van der Waals surface area contributed by atoms with Gasteiger partial charge in [0, 0.05) is 5.41 Å². The maximum Gasteiger partial charge on any atom is 0.123 e. The summed E-state index contributed by atoms with van der Waals surface area (Å²) in [6.45, 7) is 0. The van der Waals surface area contributed by atoms with E-state index >= 15 is 0 Å². The minimum Gasteiger partial charge on any atom is -0.387 e. The Morgan fingerprint density at radius 1 is 0.947 bits per heavy atom. The minimum atomic E-state index is -0.566. The number of hydrogen-bond donors (Lipinski definition) is 1. The van der Waals surface area contributed by atoms with Gasteiger partial charge in [0.25, 0.3) is 0 Å². The molecule has 1 unspecified atom stereocenters. The van der Waals surface area contributed by atoms with Crippen LogP contribution in [-0.4, -0.2) is 5.11 Å². The maximum absolute atomic E-state index is 13.0. The molecule has 0 spiro atoms. The molecule has 2 aromatic carbocycles. The van der Waals surface area contributed by atoms with Crippen LogP contribution in [0.2, 0.25) is 0 Å². The van der Waals surface area contributed by atoms with Gasteiger partial charge in [-0.05, 0) is 36.1 Å². The molecule has 98 valence electrons. The average Bonchev–Trinajstić information content (AvgIpc) is 2.39. The summed E-state index contributed by atoms with van der Waals surface area (Å²) in [6, 6.07) is 16.3. The molecule has 1 atom stereocenters. The second-order valence-corrected chi connectivity index (χ2v) is 5.33. The molecule has 1 N–H and O–H groups in total. The van der Waals surface area contributed by atoms with Crippen molar-refractivity contribution in [3.05, 3.63) is 71.5 Å². The van der Waals surface area contributed by atoms with Gasteiger partial charge in [-0.15, -0.1) is 0 Å². The van der Waals surface area contributed by atoms with E-state index in [-0.39, 0.29) is 11.2 Å². The topological polar surface area (TPSA) is 20.2 Å². The van der Waals surface area contributed by atoms with E-state index in [4.69, 9.17) is 0 Å². The van der Waals surface area contributed by atoms with Crippen molar-refractivity contribution in [3.63, 3.8) is 0 Å². The molecule has 19 heavy (non-hydrogen) atoms. The van der Waals surface area contributed by atoms with Gasteiger partial charge in [-0.1, -0.05) is 48.9 Å². The first kappa shape index (κ1) is 12.4. The number of halogens is 1. The molecule has 1 aliphatic carbocycles. The molecule has 2 aromatic rings. The first-order valence-electron chi connectivity index (χ1n) is 6.71. The summed E-state index contributed by atoms with van der Waals surface area (Å²) in [7, 11) is 0. The fourth-order valence-corrected chi connectivity index (χ4v) is 3.01. The Balaban J connectivity index is 1.96. The Hall–Kier alpha value is -1.67. The lowest BCUT2D eigenvalue weighted by Crippen LogP contribution is -2.40. The van der Waals surface area contributed by atoms with Crippen LogP contribution in [-0.2, 0) is 5.41 Å². The standard InChI is InChI=1S/C17H17FO/c18-15-9-7-13(8-10-15)16(19)17(11-4-12-17)14-5-2-1-3-6-14/h1-3,5-10,16,19H,4,11-12H2. The van der Waals surface area contributed by atoms with Crippen LogP contribution in [0.4, 0.5) is 4.39 Å². The monoisotopic (exact) mass is 256 g/mol. The molecular formula is C17H17FO. The van der Waals surface area contributed by atoms with Crippen molar-refractivity contribution in [1.29, 1.82) is 0 Å². The van der Waals surface area contributed by atoms with Crippen molar-refractivity contribution in [2.75, 3.05) is 0 Å². The van der Waals surface area contributed by atoms with Crippen LogP contribution in [0.5, 0.6) is 0 Å². The number of benzene rings is 2. The zero-order chi connectivity index (χ0) is 13.3. The fraction of sp³-hybridized carbons (Fsp3) is 0.294. The van der Waals surface area contributed by atoms with Gasteiger partial charge in [0.05, 0.1) is 6.10 Å². The normalized spacial score (nSPS) is 18.6. The highest BCUT2D eigenvalue weighted by Gasteiger charge is 2.45. The third kappa shape index (κ3) is 2.06. The fourth-order valence-electron chi connectivity index (χ4n) is 3.01. The van der Waals surface area contributed by atoms with Crippen LogP contribution in [0.3, 0.4) is 0 Å². The van der Waals surface area contributed by atoms with Crippen LogP contribution < -0.4 is 0 Å². The van der Waals surface area contributed by atoms with Crippen molar-refractivity contribution >= 4 is 0 Å². The van der Waals surface area contributed by atoms with Gasteiger partial charge in [0.15, 0.2) is 0 Å². The SMILES string of the molecule is OC(c1ccc(F)cc1)C1(c2ccccc2)CCC1. The molecule has 0 bridgehead atoms. The van der Waals surface area contributed by atoms with E-state index in [1.54, 1.807) is 12.1 Å². The zero-order valence-electron chi connectivity index (χ0n) is 10.7. The van der Waals surface area contributed by atoms with Gasteiger partial charge in [-0.3, -0.25) is 0 Å². The van der Waals surface area contributed by atoms with Crippen LogP contribution >= 0.6 is 0 Å². The molecule has 1 nitrogen and oxygen atoms in total. The molecule has 2 heteroatoms. The van der Waals surface area contributed by atoms with Gasteiger partial charge in [-0.2, -0.15) is 0 Å². The lowest BCUT2D eigenvalue weighted by molar-refractivity contribution is 0.0268. The number of aliphatic hydroxyl groups is 1. The molecule has 0 saturated heterocycles. The van der Waals surface area contributed by atoms with Crippen molar-refractivity contribution < 1.29 is 9.50 Å². The molecule has 3 rings (SSSR count). The third-order valence-corrected chi connectivity index (χ3v) is 4.30. The van der Waals surface area contributed by atoms with E-state index in [0.717, 1.165) is 24.8 Å². The lowest BCUT2D eigenvalue weighted by Gasteiger charge is -2.46. The summed E-state index contributed by atoms with van der Waals surface area (Å²) < 4.78 is 13.0. The van der Waals surface area contributed by atoms with Crippen molar-refractivity contribution in [1.82, 2.24) is 0 Å². The highest BCUT2D eigenvalue weighted by atomic mass is 19.1. The Morgan fingerprint density at radius 3 is 2.11 bits per heavy atom. The Kier molecular flexibility index (Phi) is 3.11. The van der Waals surface area contributed by atoms with Crippen molar-refractivity contribution in [2.24, 2.45) is 0 Å². The number of aliphatic hydroxyl groups excluding tert-OH is 1. The third-order valence-electron chi connectivity index (χ3n) is 4.30. The van der Waals surface area contributed by atoms with Crippen molar-refractivity contribution in [3.8, 4) is 0 Å². The molecule has 1 aliphatic rings. The zero-order valence-corrected chi connectivity index (χ0v) is 10.7. The van der Waals surface area contributed by atoms with E-state index < -0.39 is 6.10 Å². The molecule has 0 heterocycles. The predicted octanol–water partition coefficient (Wildman–Crippen LogP) is 3.98. The second kappa shape index (κ2) is 4.78. The number of hydrogen-bond acceptors (Lipinski definition) is 1. The molecular weight excluding hydrogens is 239 g/mol. The second-order valence-electron chi connectivity index (χ2n) is 5.33. The van der Waals surface area contributed by atoms with Crippen molar-refractivity contribution in [2.45, 2.75) is 30.8 Å². The van der Waals surface area contributed by atoms with Crippen LogP contribution in [0.15, 0.2) is 54.6 Å². The Labute approximate surface area is 112 Å². The molecule has 1 fully saturated rings. The number of rotatable bonds is 3. The smallest absolute Gasteiger partial charge is 0.123 e. The first-order valence-corrected chi connectivity index (χ1v) is 6.71. The Bertz CT molecular complexity index is 543. The van der Waals surface area contributed by atoms with E-state index in [0.29, 0.717) is 0 Å². The van der Waals surface area contributed by atoms with E-state index in [2.05, 4.69) is 12.1 Å². The summed E-state index contributed by atoms with van der Waals surface area (Å²) in [5.41, 5.74) is 1.78. The summed E-state index contributed by atoms with van der Waals surface area (Å²) in [5.74, 6) is -0.265. The average molecular weight is 256 g/mol. The van der Waals surface area contributed by atoms with E-state index in [1.165, 1.54) is 17.7 Å². The lowest BCUT2D eigenvalue weighted by atomic mass is 9.60. The van der Waals surface area contributed by atoms with Gasteiger partial charge < -0.3 is 5.11 Å². The maximum atomic E-state index is 13.0. The Morgan fingerprint density at radius 2 is 1.58 bits per heavy atom. The molecule has 0 aliphatic heterocycles. The van der Waals surface area contributed by atoms with Crippen LogP contribution in [0.25, 0.3) is 0 Å². The molecule has 1 saturated carbocycles. The van der Waals surface area contributed by atoms with Gasteiger partial charge in [0.1, 0.15) is 5.82 Å². The van der Waals surface area contributed by atoms with Crippen LogP contribution in [0.1, 0.15) is 36.5 Å². The largest absolute Gasteiger partial charge is 0.387 e. The van der Waals surface area contributed by atoms with E-state index in [1.807, 2.05) is 18.2 Å². The molecule has 0 radical (unpaired) electrons. The minimum absolute atomic E-state index is 0.195.